The number of hydrogen-bond donors (Lipinski definition) is 0. The molecule has 3 nitrogen and oxygen atoms in total. The van der Waals surface area contributed by atoms with Gasteiger partial charge < -0.3 is 4.74 Å². The van der Waals surface area contributed by atoms with Crippen molar-refractivity contribution in [1.82, 2.24) is 4.90 Å². The first kappa shape index (κ1) is 12.4. The number of rotatable bonds is 4. The van der Waals surface area contributed by atoms with Crippen molar-refractivity contribution < 1.29 is 9.53 Å². The Morgan fingerprint density at radius 3 is 3.12 bits per heavy atom. The maximum absolute atomic E-state index is 12.0. The van der Waals surface area contributed by atoms with Gasteiger partial charge in [-0.2, -0.15) is 11.8 Å². The van der Waals surface area contributed by atoms with Gasteiger partial charge in [0.1, 0.15) is 0 Å². The van der Waals surface area contributed by atoms with E-state index in [1.165, 1.54) is 12.2 Å². The van der Waals surface area contributed by atoms with Crippen molar-refractivity contribution in [1.29, 1.82) is 0 Å². The van der Waals surface area contributed by atoms with Crippen molar-refractivity contribution in [3.63, 3.8) is 0 Å². The van der Waals surface area contributed by atoms with E-state index < -0.39 is 0 Å². The van der Waals surface area contributed by atoms with Gasteiger partial charge in [-0.15, -0.1) is 0 Å². The Balaban J connectivity index is 1.77. The van der Waals surface area contributed by atoms with E-state index in [1.54, 1.807) is 0 Å². The molecule has 4 heteroatoms. The van der Waals surface area contributed by atoms with Crippen molar-refractivity contribution in [2.45, 2.75) is 25.0 Å². The Kier molecular flexibility index (Phi) is 4.67. The quantitative estimate of drug-likeness (QED) is 0.747. The number of carbonyl (C=O) groups is 1. The predicted octanol–water partition coefficient (Wildman–Crippen LogP) is 1.42. The van der Waals surface area contributed by atoms with Crippen molar-refractivity contribution in [3.05, 3.63) is 0 Å². The number of ether oxygens (including phenoxy) is 1. The second-order valence-corrected chi connectivity index (χ2v) is 6.07. The van der Waals surface area contributed by atoms with E-state index >= 15 is 0 Å². The maximum Gasteiger partial charge on any atom is 0.152 e. The van der Waals surface area contributed by atoms with E-state index in [0.29, 0.717) is 18.9 Å². The van der Waals surface area contributed by atoms with Crippen LogP contribution in [0.1, 0.15) is 19.8 Å². The number of nitrogens with zero attached hydrogens (tertiary/aromatic N) is 1. The third-order valence-electron chi connectivity index (χ3n) is 3.44. The molecule has 0 aliphatic carbocycles. The fourth-order valence-electron chi connectivity index (χ4n) is 2.31. The summed E-state index contributed by atoms with van der Waals surface area (Å²) in [6.07, 6.45) is 2.14. The first-order valence-corrected chi connectivity index (χ1v) is 7.29. The van der Waals surface area contributed by atoms with Gasteiger partial charge in [-0.05, 0) is 12.8 Å². The molecule has 2 fully saturated rings. The largest absolute Gasteiger partial charge is 0.381 e. The van der Waals surface area contributed by atoms with Gasteiger partial charge in [0.15, 0.2) is 5.78 Å². The monoisotopic (exact) mass is 243 g/mol. The minimum Gasteiger partial charge on any atom is -0.381 e. The summed E-state index contributed by atoms with van der Waals surface area (Å²) in [4.78, 5) is 14.3. The molecule has 0 aromatic rings. The molecule has 16 heavy (non-hydrogen) atoms. The van der Waals surface area contributed by atoms with E-state index in [4.69, 9.17) is 4.74 Å². The molecule has 2 aliphatic heterocycles. The zero-order valence-electron chi connectivity index (χ0n) is 9.98. The molecule has 2 unspecified atom stereocenters. The Bertz CT molecular complexity index is 241. The topological polar surface area (TPSA) is 29.5 Å². The van der Waals surface area contributed by atoms with Crippen molar-refractivity contribution in [2.24, 2.45) is 5.92 Å². The Morgan fingerprint density at radius 1 is 1.56 bits per heavy atom. The van der Waals surface area contributed by atoms with Crippen molar-refractivity contribution in [2.75, 3.05) is 38.6 Å². The molecular formula is C12H21NO2S. The minimum absolute atomic E-state index is 0.176. The van der Waals surface area contributed by atoms with E-state index in [0.717, 1.165) is 31.4 Å². The second-order valence-electron chi connectivity index (χ2n) is 4.66. The third kappa shape index (κ3) is 3.22. The van der Waals surface area contributed by atoms with Gasteiger partial charge in [0.25, 0.3) is 0 Å². The average molecular weight is 243 g/mol. The van der Waals surface area contributed by atoms with Crippen molar-refractivity contribution >= 4 is 17.5 Å². The van der Waals surface area contributed by atoms with Gasteiger partial charge in [0, 0.05) is 36.6 Å². The van der Waals surface area contributed by atoms with Crippen LogP contribution in [0.4, 0.5) is 0 Å². The van der Waals surface area contributed by atoms with Crippen LogP contribution in [0.3, 0.4) is 0 Å². The van der Waals surface area contributed by atoms with Crippen LogP contribution in [0, 0.1) is 5.92 Å². The third-order valence-corrected chi connectivity index (χ3v) is 4.81. The summed E-state index contributed by atoms with van der Waals surface area (Å²) in [6.45, 7) is 6.45. The molecular weight excluding hydrogens is 222 g/mol. The van der Waals surface area contributed by atoms with Crippen molar-refractivity contribution in [3.8, 4) is 0 Å². The van der Waals surface area contributed by atoms with Gasteiger partial charge in [-0.25, -0.2) is 0 Å². The van der Waals surface area contributed by atoms with E-state index in [2.05, 4.69) is 11.8 Å². The standard InChI is InChI=1S/C12H21NO2S/c1-2-11-7-13(4-6-16-11)8-12(14)10-3-5-15-9-10/h10-11H,2-9H2,1H3. The van der Waals surface area contributed by atoms with Gasteiger partial charge in [-0.3, -0.25) is 9.69 Å². The Hall–Kier alpha value is -0.0600. The number of Topliss-reactive ketones (excluding diaryl/α,β-unsaturated/α-hetero) is 1. The van der Waals surface area contributed by atoms with E-state index in [-0.39, 0.29) is 5.92 Å². The molecule has 2 aliphatic rings. The van der Waals surface area contributed by atoms with Crippen LogP contribution < -0.4 is 0 Å². The first-order valence-electron chi connectivity index (χ1n) is 6.24. The van der Waals surface area contributed by atoms with Gasteiger partial charge in [-0.1, -0.05) is 6.92 Å². The van der Waals surface area contributed by atoms with Gasteiger partial charge >= 0.3 is 0 Å². The van der Waals surface area contributed by atoms with Gasteiger partial charge in [0.2, 0.25) is 0 Å². The lowest BCUT2D eigenvalue weighted by Gasteiger charge is -2.31. The average Bonchev–Trinajstić information content (AvgIpc) is 2.83. The highest BCUT2D eigenvalue weighted by molar-refractivity contribution is 8.00. The number of hydrogen-bond acceptors (Lipinski definition) is 4. The predicted molar refractivity (Wildman–Crippen MR) is 66.9 cm³/mol. The Labute approximate surface area is 102 Å². The zero-order valence-corrected chi connectivity index (χ0v) is 10.8. The fraction of sp³-hybridized carbons (Fsp3) is 0.917. The smallest absolute Gasteiger partial charge is 0.152 e. The zero-order chi connectivity index (χ0) is 11.4. The Morgan fingerprint density at radius 2 is 2.44 bits per heavy atom. The summed E-state index contributed by atoms with van der Waals surface area (Å²) in [5.41, 5.74) is 0. The van der Waals surface area contributed by atoms with Crippen LogP contribution in [0.2, 0.25) is 0 Å². The summed E-state index contributed by atoms with van der Waals surface area (Å²) in [5, 5.41) is 0.723. The molecule has 2 saturated heterocycles. The molecule has 0 saturated carbocycles. The molecule has 2 heterocycles. The molecule has 0 N–H and O–H groups in total. The molecule has 2 rings (SSSR count). The summed E-state index contributed by atoms with van der Waals surface area (Å²) in [6, 6.07) is 0. The van der Waals surface area contributed by atoms with Crippen LogP contribution in [-0.4, -0.2) is 54.5 Å². The SMILES string of the molecule is CCC1CN(CC(=O)C2CCOC2)CCS1. The minimum atomic E-state index is 0.176. The number of ketones is 1. The molecule has 0 radical (unpaired) electrons. The van der Waals surface area contributed by atoms with Crippen LogP contribution in [-0.2, 0) is 9.53 Å². The molecule has 2 atom stereocenters. The highest BCUT2D eigenvalue weighted by Crippen LogP contribution is 2.22. The normalized spacial score (nSPS) is 31.8. The maximum atomic E-state index is 12.0. The highest BCUT2D eigenvalue weighted by atomic mass is 32.2. The van der Waals surface area contributed by atoms with Crippen LogP contribution >= 0.6 is 11.8 Å². The second kappa shape index (κ2) is 6.03. The first-order chi connectivity index (χ1) is 7.79. The molecule has 0 aromatic heterocycles. The van der Waals surface area contributed by atoms with Crippen LogP contribution in [0.25, 0.3) is 0 Å². The summed E-state index contributed by atoms with van der Waals surface area (Å²) in [5.74, 6) is 1.74. The molecule has 0 bridgehead atoms. The van der Waals surface area contributed by atoms with E-state index in [9.17, 15) is 4.79 Å². The highest BCUT2D eigenvalue weighted by Gasteiger charge is 2.27. The molecule has 0 spiro atoms. The lowest BCUT2D eigenvalue weighted by molar-refractivity contribution is -0.124. The molecule has 0 amide bonds. The van der Waals surface area contributed by atoms with Crippen LogP contribution in [0.5, 0.6) is 0 Å². The molecule has 0 aromatic carbocycles. The number of thioether (sulfide) groups is 1. The molecule has 92 valence electrons. The fourth-order valence-corrected chi connectivity index (χ4v) is 3.56. The van der Waals surface area contributed by atoms with Crippen LogP contribution in [0.15, 0.2) is 0 Å². The number of carbonyl (C=O) groups excluding carboxylic acids is 1. The van der Waals surface area contributed by atoms with Gasteiger partial charge in [0.05, 0.1) is 13.2 Å². The summed E-state index contributed by atoms with van der Waals surface area (Å²) < 4.78 is 5.27. The van der Waals surface area contributed by atoms with E-state index in [1.807, 2.05) is 11.8 Å². The summed E-state index contributed by atoms with van der Waals surface area (Å²) in [7, 11) is 0. The summed E-state index contributed by atoms with van der Waals surface area (Å²) >= 11 is 2.05. The lowest BCUT2D eigenvalue weighted by Crippen LogP contribution is -2.42. The lowest BCUT2D eigenvalue weighted by atomic mass is 10.0.